The van der Waals surface area contributed by atoms with E-state index in [2.05, 4.69) is 28.8 Å². The monoisotopic (exact) mass is 393 g/mol. The second kappa shape index (κ2) is 8.66. The summed E-state index contributed by atoms with van der Waals surface area (Å²) in [6.07, 6.45) is 7.11. The Morgan fingerprint density at radius 2 is 1.97 bits per heavy atom. The van der Waals surface area contributed by atoms with E-state index in [9.17, 15) is 9.59 Å². The van der Waals surface area contributed by atoms with Gasteiger partial charge in [0.15, 0.2) is 0 Å². The van der Waals surface area contributed by atoms with Crippen molar-refractivity contribution in [2.75, 3.05) is 18.4 Å². The first-order chi connectivity index (χ1) is 14.2. The van der Waals surface area contributed by atoms with Crippen LogP contribution in [0, 0.1) is 0 Å². The van der Waals surface area contributed by atoms with E-state index >= 15 is 0 Å². The molecule has 2 amide bonds. The molecule has 0 saturated carbocycles. The molecule has 1 aliphatic heterocycles. The van der Waals surface area contributed by atoms with Crippen LogP contribution in [0.1, 0.15) is 50.0 Å². The van der Waals surface area contributed by atoms with Crippen molar-refractivity contribution in [2.24, 2.45) is 5.73 Å². The smallest absolute Gasteiger partial charge is 0.234 e. The number of rotatable bonds is 8. The number of hydrogen-bond acceptors (Lipinski definition) is 5. The van der Waals surface area contributed by atoms with Crippen molar-refractivity contribution in [1.82, 2.24) is 5.32 Å². The molecule has 2 aromatic carbocycles. The van der Waals surface area contributed by atoms with E-state index in [1.807, 2.05) is 12.1 Å². The summed E-state index contributed by atoms with van der Waals surface area (Å²) in [5, 5.41) is 9.05. The maximum atomic E-state index is 12.4. The van der Waals surface area contributed by atoms with Gasteiger partial charge in [-0.05, 0) is 54.8 Å². The predicted molar refractivity (Wildman–Crippen MR) is 115 cm³/mol. The van der Waals surface area contributed by atoms with Gasteiger partial charge in [-0.2, -0.15) is 0 Å². The van der Waals surface area contributed by atoms with Gasteiger partial charge in [0.25, 0.3) is 0 Å². The van der Waals surface area contributed by atoms with E-state index in [0.29, 0.717) is 12.8 Å². The summed E-state index contributed by atoms with van der Waals surface area (Å²) in [4.78, 5) is 23.9. The number of anilines is 1. The second-order valence-corrected chi connectivity index (χ2v) is 7.70. The van der Waals surface area contributed by atoms with E-state index in [-0.39, 0.29) is 17.7 Å². The van der Waals surface area contributed by atoms with Gasteiger partial charge in [-0.1, -0.05) is 25.0 Å². The number of carbonyl (C=O) groups is 2. The van der Waals surface area contributed by atoms with E-state index < -0.39 is 0 Å². The van der Waals surface area contributed by atoms with Crippen molar-refractivity contribution >= 4 is 39.2 Å². The van der Waals surface area contributed by atoms with Crippen LogP contribution in [0.3, 0.4) is 0 Å². The molecule has 1 unspecified atom stereocenters. The predicted octanol–water partition coefficient (Wildman–Crippen LogP) is 4.04. The first-order valence-corrected chi connectivity index (χ1v) is 10.4. The summed E-state index contributed by atoms with van der Waals surface area (Å²) in [7, 11) is 0. The van der Waals surface area contributed by atoms with E-state index in [4.69, 9.17) is 10.2 Å². The third-order valence-corrected chi connectivity index (χ3v) is 5.66. The second-order valence-electron chi connectivity index (χ2n) is 7.70. The molecular formula is C23H27N3O3. The highest BCUT2D eigenvalue weighted by molar-refractivity contribution is 6.11. The number of fused-ring (bicyclic) bond motifs is 3. The zero-order chi connectivity index (χ0) is 20.2. The third-order valence-electron chi connectivity index (χ3n) is 5.66. The Labute approximate surface area is 169 Å². The topological polar surface area (TPSA) is 97.4 Å². The Morgan fingerprint density at radius 3 is 2.79 bits per heavy atom. The molecule has 0 radical (unpaired) electrons. The summed E-state index contributed by atoms with van der Waals surface area (Å²) in [6.45, 7) is 1.70. The van der Waals surface area contributed by atoms with Gasteiger partial charge in [-0.15, -0.1) is 0 Å². The van der Waals surface area contributed by atoms with Crippen LogP contribution in [-0.2, 0) is 9.59 Å². The van der Waals surface area contributed by atoms with Crippen LogP contribution in [0.15, 0.2) is 41.0 Å². The minimum absolute atomic E-state index is 0.206. The molecule has 1 saturated heterocycles. The first-order valence-electron chi connectivity index (χ1n) is 10.4. The van der Waals surface area contributed by atoms with Gasteiger partial charge >= 0.3 is 0 Å². The van der Waals surface area contributed by atoms with E-state index in [1.54, 1.807) is 6.26 Å². The van der Waals surface area contributed by atoms with Crippen molar-refractivity contribution in [2.45, 2.75) is 44.4 Å². The van der Waals surface area contributed by atoms with E-state index in [0.717, 1.165) is 58.9 Å². The highest BCUT2D eigenvalue weighted by Crippen LogP contribution is 2.37. The number of hydrogen-bond donors (Lipinski definition) is 3. The number of carbonyl (C=O) groups excluding carboxylic acids is 2. The van der Waals surface area contributed by atoms with Gasteiger partial charge in [0, 0.05) is 29.6 Å². The molecule has 6 heteroatoms. The highest BCUT2D eigenvalue weighted by Gasteiger charge is 2.30. The van der Waals surface area contributed by atoms with Gasteiger partial charge in [-0.25, -0.2) is 0 Å². The Morgan fingerprint density at radius 1 is 1.10 bits per heavy atom. The SMILES string of the molecule is NCCCCCCNc1ccc2c(ccc3occ(C4CCC(=O)NC4=O)c32)c1. The van der Waals surface area contributed by atoms with Crippen LogP contribution in [-0.4, -0.2) is 24.9 Å². The molecule has 29 heavy (non-hydrogen) atoms. The summed E-state index contributed by atoms with van der Waals surface area (Å²) in [5.41, 5.74) is 8.24. The molecule has 2 heterocycles. The van der Waals surface area contributed by atoms with Gasteiger partial charge in [0.2, 0.25) is 11.8 Å². The molecule has 6 nitrogen and oxygen atoms in total. The number of amides is 2. The van der Waals surface area contributed by atoms with Crippen LogP contribution in [0.4, 0.5) is 5.69 Å². The average molecular weight is 393 g/mol. The maximum absolute atomic E-state index is 12.4. The standard InChI is InChI=1S/C23H27N3O3/c24-11-3-1-2-4-12-25-16-6-7-17-15(13-16)5-9-20-22(17)19(14-29-20)18-8-10-21(27)26-23(18)28/h5-7,9,13-14,18,25H,1-4,8,10-12,24H2,(H,26,27,28). The van der Waals surface area contributed by atoms with Gasteiger partial charge in [0.05, 0.1) is 12.2 Å². The fraction of sp³-hybridized carbons (Fsp3) is 0.391. The van der Waals surface area contributed by atoms with Gasteiger partial charge in [-0.3, -0.25) is 14.9 Å². The number of nitrogens with one attached hydrogen (secondary N) is 2. The lowest BCUT2D eigenvalue weighted by atomic mass is 9.89. The average Bonchev–Trinajstić information content (AvgIpc) is 3.15. The highest BCUT2D eigenvalue weighted by atomic mass is 16.3. The fourth-order valence-corrected chi connectivity index (χ4v) is 4.10. The molecule has 1 atom stereocenters. The molecular weight excluding hydrogens is 366 g/mol. The minimum Gasteiger partial charge on any atom is -0.464 e. The molecule has 0 aliphatic carbocycles. The zero-order valence-electron chi connectivity index (χ0n) is 16.5. The van der Waals surface area contributed by atoms with Crippen LogP contribution < -0.4 is 16.4 Å². The van der Waals surface area contributed by atoms with Crippen molar-refractivity contribution in [3.05, 3.63) is 42.2 Å². The zero-order valence-corrected chi connectivity index (χ0v) is 16.5. The molecule has 1 aromatic heterocycles. The maximum Gasteiger partial charge on any atom is 0.234 e. The number of benzene rings is 2. The molecule has 1 aliphatic rings. The Kier molecular flexibility index (Phi) is 5.81. The van der Waals surface area contributed by atoms with Gasteiger partial charge in [0.1, 0.15) is 5.58 Å². The fourth-order valence-electron chi connectivity index (χ4n) is 4.10. The van der Waals surface area contributed by atoms with E-state index in [1.165, 1.54) is 12.8 Å². The third kappa shape index (κ3) is 4.12. The molecule has 4 rings (SSSR count). The molecule has 1 fully saturated rings. The quantitative estimate of drug-likeness (QED) is 0.396. The number of piperidine rings is 1. The first kappa shape index (κ1) is 19.5. The number of imide groups is 1. The summed E-state index contributed by atoms with van der Waals surface area (Å²) < 4.78 is 5.74. The minimum atomic E-state index is -0.356. The summed E-state index contributed by atoms with van der Waals surface area (Å²) >= 11 is 0. The molecule has 3 aromatic rings. The lowest BCUT2D eigenvalue weighted by molar-refractivity contribution is -0.134. The lowest BCUT2D eigenvalue weighted by Gasteiger charge is -2.20. The van der Waals surface area contributed by atoms with Crippen molar-refractivity contribution < 1.29 is 14.0 Å². The van der Waals surface area contributed by atoms with Crippen molar-refractivity contribution in [1.29, 1.82) is 0 Å². The number of nitrogens with two attached hydrogens (primary N) is 1. The number of unbranched alkanes of at least 4 members (excludes halogenated alkanes) is 3. The lowest BCUT2D eigenvalue weighted by Crippen LogP contribution is -2.39. The summed E-state index contributed by atoms with van der Waals surface area (Å²) in [6, 6.07) is 10.3. The Balaban J connectivity index is 1.56. The number of furan rings is 1. The van der Waals surface area contributed by atoms with Crippen molar-refractivity contribution in [3.63, 3.8) is 0 Å². The molecule has 0 bridgehead atoms. The molecule has 0 spiro atoms. The normalized spacial score (nSPS) is 17.1. The van der Waals surface area contributed by atoms with Crippen LogP contribution in [0.5, 0.6) is 0 Å². The molecule has 4 N–H and O–H groups in total. The van der Waals surface area contributed by atoms with Crippen LogP contribution >= 0.6 is 0 Å². The molecule has 152 valence electrons. The van der Waals surface area contributed by atoms with Crippen LogP contribution in [0.25, 0.3) is 21.7 Å². The largest absolute Gasteiger partial charge is 0.464 e. The van der Waals surface area contributed by atoms with Crippen LogP contribution in [0.2, 0.25) is 0 Å². The Hall–Kier alpha value is -2.86. The van der Waals surface area contributed by atoms with Gasteiger partial charge < -0.3 is 15.5 Å². The Bertz CT molecular complexity index is 1040. The van der Waals surface area contributed by atoms with Crippen molar-refractivity contribution in [3.8, 4) is 0 Å². The summed E-state index contributed by atoms with van der Waals surface area (Å²) in [5.74, 6) is -0.803.